The second-order valence-corrected chi connectivity index (χ2v) is 8.01. The van der Waals surface area contributed by atoms with E-state index in [-0.39, 0.29) is 29.5 Å². The number of ether oxygens (including phenoxy) is 1. The van der Waals surface area contributed by atoms with Crippen molar-refractivity contribution in [2.24, 2.45) is 0 Å². The lowest BCUT2D eigenvalue weighted by molar-refractivity contribution is -0.384. The maximum atomic E-state index is 10.6. The van der Waals surface area contributed by atoms with Gasteiger partial charge in [-0.25, -0.2) is 0 Å². The third-order valence-corrected chi connectivity index (χ3v) is 4.81. The molecule has 0 spiro atoms. The first-order chi connectivity index (χ1) is 11.5. The molecule has 1 saturated heterocycles. The summed E-state index contributed by atoms with van der Waals surface area (Å²) in [6.07, 6.45) is 0.275. The number of likely N-dealkylation sites (tertiary alicyclic amines) is 1. The van der Waals surface area contributed by atoms with Crippen LogP contribution in [-0.2, 0) is 0 Å². The maximum absolute atomic E-state index is 10.6. The number of nitrogens with zero attached hydrogens (tertiary/aromatic N) is 2. The topological polar surface area (TPSA) is 96.1 Å². The van der Waals surface area contributed by atoms with Crippen LogP contribution in [0.5, 0.6) is 5.75 Å². The van der Waals surface area contributed by atoms with Crippen LogP contribution in [0, 0.1) is 10.1 Å². The summed E-state index contributed by atoms with van der Waals surface area (Å²) in [6.45, 7) is 8.81. The molecule has 25 heavy (non-hydrogen) atoms. The number of nitro benzene ring substituents is 1. The number of non-ortho nitro benzene ring substituents is 1. The smallest absolute Gasteiger partial charge is 0.269 e. The molecule has 0 amide bonds. The molecule has 1 aromatic rings. The Morgan fingerprint density at radius 2 is 1.76 bits per heavy atom. The molecule has 2 N–H and O–H groups in total. The molecule has 1 aromatic carbocycles. The molecule has 140 valence electrons. The summed E-state index contributed by atoms with van der Waals surface area (Å²) in [5.74, 6) is 0.484. The van der Waals surface area contributed by atoms with E-state index in [2.05, 4.69) is 32.6 Å². The summed E-state index contributed by atoms with van der Waals surface area (Å²) in [6, 6.07) is 5.80. The fourth-order valence-corrected chi connectivity index (χ4v) is 3.88. The highest BCUT2D eigenvalue weighted by molar-refractivity contribution is 5.35. The van der Waals surface area contributed by atoms with E-state index < -0.39 is 11.0 Å². The molecule has 0 saturated carbocycles. The standard InChI is InChI=1S/C18H28N2O5/c1-17(2)9-14(21)10-18(3,4)19(17)11-15(22)12-25-16-7-5-13(6-8-16)20(23)24/h5-8,14-15,21-22H,9-12H2,1-4H3. The molecule has 1 heterocycles. The van der Waals surface area contributed by atoms with Gasteiger partial charge in [-0.05, 0) is 52.7 Å². The monoisotopic (exact) mass is 352 g/mol. The third kappa shape index (κ3) is 4.90. The minimum atomic E-state index is -0.705. The highest BCUT2D eigenvalue weighted by Crippen LogP contribution is 2.38. The number of hydrogen-bond donors (Lipinski definition) is 2. The molecule has 1 aliphatic heterocycles. The highest BCUT2D eigenvalue weighted by Gasteiger charge is 2.45. The van der Waals surface area contributed by atoms with Gasteiger partial charge in [-0.2, -0.15) is 0 Å². The highest BCUT2D eigenvalue weighted by atomic mass is 16.6. The van der Waals surface area contributed by atoms with E-state index in [1.54, 1.807) is 0 Å². The molecule has 7 heteroatoms. The zero-order valence-electron chi connectivity index (χ0n) is 15.3. The Bertz CT molecular complexity index is 582. The van der Waals surface area contributed by atoms with Gasteiger partial charge in [-0.3, -0.25) is 15.0 Å². The van der Waals surface area contributed by atoms with Crippen molar-refractivity contribution in [3.8, 4) is 5.75 Å². The summed E-state index contributed by atoms with van der Waals surface area (Å²) in [5.41, 5.74) is -0.450. The number of nitro groups is 1. The van der Waals surface area contributed by atoms with Crippen LogP contribution in [0.15, 0.2) is 24.3 Å². The Kier molecular flexibility index (Phi) is 5.71. The molecular formula is C18H28N2O5. The van der Waals surface area contributed by atoms with Crippen LogP contribution in [0.4, 0.5) is 5.69 Å². The summed E-state index contributed by atoms with van der Waals surface area (Å²) in [7, 11) is 0. The van der Waals surface area contributed by atoms with E-state index in [1.165, 1.54) is 24.3 Å². The summed E-state index contributed by atoms with van der Waals surface area (Å²) in [4.78, 5) is 12.4. The van der Waals surface area contributed by atoms with Crippen molar-refractivity contribution in [3.63, 3.8) is 0 Å². The van der Waals surface area contributed by atoms with Crippen molar-refractivity contribution in [2.45, 2.75) is 63.8 Å². The molecule has 7 nitrogen and oxygen atoms in total. The first kappa shape index (κ1) is 19.6. The molecule has 1 atom stereocenters. The van der Waals surface area contributed by atoms with Gasteiger partial charge in [0.15, 0.2) is 0 Å². The molecule has 0 aliphatic carbocycles. The van der Waals surface area contributed by atoms with Crippen LogP contribution in [0.2, 0.25) is 0 Å². The van der Waals surface area contributed by atoms with Crippen LogP contribution in [0.3, 0.4) is 0 Å². The van der Waals surface area contributed by atoms with Gasteiger partial charge in [0.1, 0.15) is 18.5 Å². The minimum Gasteiger partial charge on any atom is -0.491 e. The van der Waals surface area contributed by atoms with Crippen molar-refractivity contribution < 1.29 is 19.9 Å². The van der Waals surface area contributed by atoms with Gasteiger partial charge in [0.2, 0.25) is 0 Å². The average molecular weight is 352 g/mol. The Morgan fingerprint density at radius 1 is 1.24 bits per heavy atom. The molecule has 0 aromatic heterocycles. The van der Waals surface area contributed by atoms with E-state index in [1.807, 2.05) is 0 Å². The van der Waals surface area contributed by atoms with Gasteiger partial charge >= 0.3 is 0 Å². The Morgan fingerprint density at radius 3 is 2.24 bits per heavy atom. The predicted octanol–water partition coefficient (Wildman–Crippen LogP) is 2.35. The van der Waals surface area contributed by atoms with Crippen molar-refractivity contribution in [1.82, 2.24) is 4.90 Å². The van der Waals surface area contributed by atoms with Gasteiger partial charge in [0, 0.05) is 29.8 Å². The minimum absolute atomic E-state index is 0.00303. The fraction of sp³-hybridized carbons (Fsp3) is 0.667. The fourth-order valence-electron chi connectivity index (χ4n) is 3.88. The lowest BCUT2D eigenvalue weighted by atomic mass is 9.78. The average Bonchev–Trinajstić information content (AvgIpc) is 2.48. The summed E-state index contributed by atoms with van der Waals surface area (Å²) in [5, 5.41) is 31.1. The van der Waals surface area contributed by atoms with Crippen LogP contribution in [0.1, 0.15) is 40.5 Å². The molecular weight excluding hydrogens is 324 g/mol. The molecule has 2 rings (SSSR count). The number of rotatable bonds is 6. The second kappa shape index (κ2) is 7.27. The number of piperidine rings is 1. The quantitative estimate of drug-likeness (QED) is 0.603. The maximum Gasteiger partial charge on any atom is 0.269 e. The van der Waals surface area contributed by atoms with E-state index in [0.29, 0.717) is 25.1 Å². The van der Waals surface area contributed by atoms with Gasteiger partial charge in [0.05, 0.1) is 11.0 Å². The number of aliphatic hydroxyl groups excluding tert-OH is 2. The van der Waals surface area contributed by atoms with E-state index in [0.717, 1.165) is 0 Å². The Hall–Kier alpha value is -1.70. The molecule has 0 radical (unpaired) electrons. The largest absolute Gasteiger partial charge is 0.491 e. The summed E-state index contributed by atoms with van der Waals surface area (Å²) >= 11 is 0. The van der Waals surface area contributed by atoms with Crippen LogP contribution >= 0.6 is 0 Å². The van der Waals surface area contributed by atoms with Crippen molar-refractivity contribution in [2.75, 3.05) is 13.2 Å². The van der Waals surface area contributed by atoms with Crippen molar-refractivity contribution >= 4 is 5.69 Å². The van der Waals surface area contributed by atoms with E-state index in [4.69, 9.17) is 4.74 Å². The Balaban J connectivity index is 1.94. The number of hydrogen-bond acceptors (Lipinski definition) is 6. The molecule has 1 unspecified atom stereocenters. The van der Waals surface area contributed by atoms with Gasteiger partial charge in [0.25, 0.3) is 5.69 Å². The number of aliphatic hydroxyl groups is 2. The normalized spacial score (nSPS) is 21.7. The first-order valence-electron chi connectivity index (χ1n) is 8.52. The summed E-state index contributed by atoms with van der Waals surface area (Å²) < 4.78 is 5.55. The lowest BCUT2D eigenvalue weighted by Gasteiger charge is -2.54. The zero-order chi connectivity index (χ0) is 18.8. The van der Waals surface area contributed by atoms with E-state index >= 15 is 0 Å². The molecule has 1 aliphatic rings. The second-order valence-electron chi connectivity index (χ2n) is 8.01. The molecule has 1 fully saturated rings. The predicted molar refractivity (Wildman–Crippen MR) is 94.7 cm³/mol. The SMILES string of the molecule is CC1(C)CC(O)CC(C)(C)N1CC(O)COc1ccc([N+](=O)[O-])cc1. The van der Waals surface area contributed by atoms with Crippen LogP contribution in [0.25, 0.3) is 0 Å². The Labute approximate surface area is 148 Å². The zero-order valence-corrected chi connectivity index (χ0v) is 15.3. The van der Waals surface area contributed by atoms with Crippen LogP contribution < -0.4 is 4.74 Å². The van der Waals surface area contributed by atoms with Crippen molar-refractivity contribution in [1.29, 1.82) is 0 Å². The van der Waals surface area contributed by atoms with Gasteiger partial charge in [-0.1, -0.05) is 0 Å². The lowest BCUT2D eigenvalue weighted by Crippen LogP contribution is -2.63. The molecule has 0 bridgehead atoms. The number of β-amino-alcohol motifs (C(OH)–C–C–N with tert-alkyl or cyclic N) is 1. The number of benzene rings is 1. The van der Waals surface area contributed by atoms with Crippen LogP contribution in [-0.4, -0.2) is 56.5 Å². The van der Waals surface area contributed by atoms with E-state index in [9.17, 15) is 20.3 Å². The van der Waals surface area contributed by atoms with Gasteiger partial charge < -0.3 is 14.9 Å². The van der Waals surface area contributed by atoms with Crippen molar-refractivity contribution in [3.05, 3.63) is 34.4 Å². The third-order valence-electron chi connectivity index (χ3n) is 4.81. The first-order valence-corrected chi connectivity index (χ1v) is 8.52. The van der Waals surface area contributed by atoms with Gasteiger partial charge in [-0.15, -0.1) is 0 Å².